The minimum Gasteiger partial charge on any atom is -0.481 e. The summed E-state index contributed by atoms with van der Waals surface area (Å²) in [4.78, 5) is 65.4. The van der Waals surface area contributed by atoms with Crippen LogP contribution in [0, 0.1) is 0 Å². The number of imidazole rings is 1. The number of carboxylic acids is 2. The average Bonchev–Trinajstić information content (AvgIpc) is 3.21. The highest BCUT2D eigenvalue weighted by Crippen LogP contribution is 2.00. The van der Waals surface area contributed by atoms with Crippen LogP contribution in [0.1, 0.15) is 12.1 Å². The first-order valence-electron chi connectivity index (χ1n) is 8.89. The van der Waals surface area contributed by atoms with Crippen molar-refractivity contribution in [2.45, 2.75) is 37.0 Å². The zero-order valence-electron chi connectivity index (χ0n) is 16.1. The molecule has 1 aromatic heterocycles. The Morgan fingerprint density at radius 2 is 1.61 bits per heavy atom. The van der Waals surface area contributed by atoms with E-state index in [1.807, 2.05) is 0 Å². The van der Waals surface area contributed by atoms with Gasteiger partial charge in [0.15, 0.2) is 0 Å². The maximum Gasteiger partial charge on any atom is 0.327 e. The van der Waals surface area contributed by atoms with Gasteiger partial charge < -0.3 is 42.0 Å². The van der Waals surface area contributed by atoms with Gasteiger partial charge in [0.2, 0.25) is 17.7 Å². The van der Waals surface area contributed by atoms with Crippen molar-refractivity contribution in [3.63, 3.8) is 0 Å². The van der Waals surface area contributed by atoms with Crippen LogP contribution < -0.4 is 21.7 Å². The standard InChI is InChI=1S/C16H24N6O8S/c17-8(1-7-3-18-6-19-7)13(26)20-9(2-12(24)25)14(27)21-10(4-23)15(28)22-11(5-31)16(29)30/h3,6,8-11,23,31H,1-2,4-5,17H2,(H,18,19)(H,20,26)(H,21,27)(H,22,28)(H,24,25)(H,29,30). The fourth-order valence-electron chi connectivity index (χ4n) is 2.31. The number of aromatic nitrogens is 2. The van der Waals surface area contributed by atoms with Crippen molar-refractivity contribution in [3.8, 4) is 0 Å². The van der Waals surface area contributed by atoms with Gasteiger partial charge in [0.1, 0.15) is 18.1 Å². The molecule has 4 atom stereocenters. The Hall–Kier alpha value is -3.17. The molecular formula is C16H24N6O8S. The van der Waals surface area contributed by atoms with E-state index in [-0.39, 0.29) is 12.2 Å². The molecule has 0 fully saturated rings. The first-order chi connectivity index (χ1) is 14.6. The molecule has 31 heavy (non-hydrogen) atoms. The van der Waals surface area contributed by atoms with E-state index in [0.717, 1.165) is 0 Å². The molecule has 15 heteroatoms. The van der Waals surface area contributed by atoms with E-state index in [9.17, 15) is 29.1 Å². The van der Waals surface area contributed by atoms with Gasteiger partial charge in [-0.3, -0.25) is 19.2 Å². The van der Waals surface area contributed by atoms with Crippen molar-refractivity contribution in [2.24, 2.45) is 5.73 Å². The van der Waals surface area contributed by atoms with Crippen molar-refractivity contribution < 1.29 is 39.3 Å². The number of aliphatic hydroxyl groups excluding tert-OH is 1. The number of rotatable bonds is 13. The van der Waals surface area contributed by atoms with Gasteiger partial charge in [-0.15, -0.1) is 0 Å². The number of aliphatic carboxylic acids is 2. The molecule has 0 saturated heterocycles. The lowest BCUT2D eigenvalue weighted by Crippen LogP contribution is -2.58. The number of hydrogen-bond acceptors (Lipinski definition) is 9. The maximum absolute atomic E-state index is 12.4. The molecule has 0 spiro atoms. The lowest BCUT2D eigenvalue weighted by Gasteiger charge is -2.23. The molecule has 3 amide bonds. The topological polar surface area (TPSA) is 237 Å². The molecular weight excluding hydrogens is 436 g/mol. The smallest absolute Gasteiger partial charge is 0.327 e. The molecule has 1 aromatic rings. The molecule has 0 radical (unpaired) electrons. The highest BCUT2D eigenvalue weighted by Gasteiger charge is 2.31. The molecule has 0 aliphatic heterocycles. The number of carbonyl (C=O) groups is 5. The van der Waals surface area contributed by atoms with Crippen LogP contribution in [0.25, 0.3) is 0 Å². The van der Waals surface area contributed by atoms with Crippen LogP contribution in [-0.4, -0.2) is 91.5 Å². The van der Waals surface area contributed by atoms with Crippen molar-refractivity contribution in [1.82, 2.24) is 25.9 Å². The third-order valence-electron chi connectivity index (χ3n) is 3.96. The second-order valence-electron chi connectivity index (χ2n) is 6.37. The van der Waals surface area contributed by atoms with Gasteiger partial charge in [0.25, 0.3) is 0 Å². The first-order valence-corrected chi connectivity index (χ1v) is 9.52. The van der Waals surface area contributed by atoms with Gasteiger partial charge in [-0.2, -0.15) is 12.6 Å². The summed E-state index contributed by atoms with van der Waals surface area (Å²) in [5.74, 6) is -6.01. The monoisotopic (exact) mass is 460 g/mol. The maximum atomic E-state index is 12.4. The SMILES string of the molecule is NC(Cc1cnc[nH]1)C(=O)NC(CC(=O)O)C(=O)NC(CO)C(=O)NC(CS)C(=O)O. The number of hydrogen-bond donors (Lipinski definition) is 9. The molecule has 4 unspecified atom stereocenters. The number of nitrogens with zero attached hydrogens (tertiary/aromatic N) is 1. The number of nitrogens with two attached hydrogens (primary N) is 1. The zero-order valence-corrected chi connectivity index (χ0v) is 17.0. The first kappa shape index (κ1) is 25.9. The van der Waals surface area contributed by atoms with Gasteiger partial charge >= 0.3 is 11.9 Å². The summed E-state index contributed by atoms with van der Waals surface area (Å²) in [6.07, 6.45) is 2.02. The molecule has 0 aromatic carbocycles. The Kier molecular flexibility index (Phi) is 10.4. The summed E-state index contributed by atoms with van der Waals surface area (Å²) >= 11 is 3.78. The largest absolute Gasteiger partial charge is 0.481 e. The van der Waals surface area contributed by atoms with Crippen LogP contribution in [0.4, 0.5) is 0 Å². The van der Waals surface area contributed by atoms with E-state index in [4.69, 9.17) is 15.9 Å². The fourth-order valence-corrected chi connectivity index (χ4v) is 2.56. The normalized spacial score (nSPS) is 14.5. The highest BCUT2D eigenvalue weighted by atomic mass is 32.1. The van der Waals surface area contributed by atoms with Crippen LogP contribution >= 0.6 is 12.6 Å². The molecule has 0 bridgehead atoms. The predicted molar refractivity (Wildman–Crippen MR) is 107 cm³/mol. The second kappa shape index (κ2) is 12.5. The van der Waals surface area contributed by atoms with E-state index in [2.05, 4.69) is 38.5 Å². The molecule has 14 nitrogen and oxygen atoms in total. The Morgan fingerprint density at radius 1 is 1.03 bits per heavy atom. The van der Waals surface area contributed by atoms with E-state index < -0.39 is 66.9 Å². The second-order valence-corrected chi connectivity index (χ2v) is 6.74. The van der Waals surface area contributed by atoms with E-state index >= 15 is 0 Å². The van der Waals surface area contributed by atoms with Crippen LogP contribution in [0.15, 0.2) is 12.5 Å². The van der Waals surface area contributed by atoms with Gasteiger partial charge in [-0.1, -0.05) is 0 Å². The lowest BCUT2D eigenvalue weighted by molar-refractivity contribution is -0.143. The predicted octanol–water partition coefficient (Wildman–Crippen LogP) is -3.78. The van der Waals surface area contributed by atoms with E-state index in [1.54, 1.807) is 0 Å². The van der Waals surface area contributed by atoms with Gasteiger partial charge in [0.05, 0.1) is 25.4 Å². The van der Waals surface area contributed by atoms with Gasteiger partial charge in [-0.25, -0.2) is 9.78 Å². The Bertz CT molecular complexity index is 789. The number of carboxylic acid groups (broad SMARTS) is 2. The molecule has 1 heterocycles. The van der Waals surface area contributed by atoms with Crippen LogP contribution in [-0.2, 0) is 30.4 Å². The average molecular weight is 460 g/mol. The zero-order chi connectivity index (χ0) is 23.6. The van der Waals surface area contributed by atoms with Crippen molar-refractivity contribution in [3.05, 3.63) is 18.2 Å². The molecule has 0 aliphatic rings. The van der Waals surface area contributed by atoms with Gasteiger partial charge in [-0.05, 0) is 0 Å². The number of aliphatic hydroxyl groups is 1. The lowest BCUT2D eigenvalue weighted by atomic mass is 10.1. The van der Waals surface area contributed by atoms with E-state index in [1.165, 1.54) is 12.5 Å². The Balaban J connectivity index is 2.80. The quantitative estimate of drug-likeness (QED) is 0.130. The van der Waals surface area contributed by atoms with Crippen molar-refractivity contribution in [2.75, 3.05) is 12.4 Å². The number of amides is 3. The van der Waals surface area contributed by atoms with Crippen LogP contribution in [0.2, 0.25) is 0 Å². The van der Waals surface area contributed by atoms with Gasteiger partial charge in [0, 0.05) is 24.1 Å². The third-order valence-corrected chi connectivity index (χ3v) is 4.32. The number of carbonyl (C=O) groups excluding carboxylic acids is 3. The van der Waals surface area contributed by atoms with Crippen LogP contribution in [0.3, 0.4) is 0 Å². The molecule has 0 saturated carbocycles. The summed E-state index contributed by atoms with van der Waals surface area (Å²) in [6, 6.07) is -5.72. The van der Waals surface area contributed by atoms with Crippen LogP contribution in [0.5, 0.6) is 0 Å². The molecule has 9 N–H and O–H groups in total. The van der Waals surface area contributed by atoms with Crippen molar-refractivity contribution >= 4 is 42.3 Å². The summed E-state index contributed by atoms with van der Waals surface area (Å²) in [7, 11) is 0. The molecule has 0 aliphatic carbocycles. The summed E-state index contributed by atoms with van der Waals surface area (Å²) in [5, 5.41) is 33.7. The highest BCUT2D eigenvalue weighted by molar-refractivity contribution is 7.80. The summed E-state index contributed by atoms with van der Waals surface area (Å²) in [6.45, 7) is -0.913. The van der Waals surface area contributed by atoms with Crippen molar-refractivity contribution in [1.29, 1.82) is 0 Å². The Labute approximate surface area is 181 Å². The fraction of sp³-hybridized carbons (Fsp3) is 0.500. The Morgan fingerprint density at radius 3 is 2.10 bits per heavy atom. The third kappa shape index (κ3) is 8.61. The summed E-state index contributed by atoms with van der Waals surface area (Å²) < 4.78 is 0. The number of H-pyrrole nitrogens is 1. The number of aromatic amines is 1. The number of nitrogens with one attached hydrogen (secondary N) is 4. The minimum atomic E-state index is -1.61. The minimum absolute atomic E-state index is 0.0369. The number of thiol groups is 1. The molecule has 172 valence electrons. The van der Waals surface area contributed by atoms with E-state index in [0.29, 0.717) is 5.69 Å². The molecule has 1 rings (SSSR count). The summed E-state index contributed by atoms with van der Waals surface area (Å²) in [5.41, 5.74) is 6.29.